The van der Waals surface area contributed by atoms with E-state index in [1.165, 1.54) is 36.5 Å². The lowest BCUT2D eigenvalue weighted by molar-refractivity contribution is 0.101. The first-order valence-corrected chi connectivity index (χ1v) is 8.50. The van der Waals surface area contributed by atoms with Gasteiger partial charge in [-0.25, -0.2) is 0 Å². The van der Waals surface area contributed by atoms with E-state index in [1.807, 2.05) is 0 Å². The fourth-order valence-electron chi connectivity index (χ4n) is 2.64. The molecule has 2 amide bonds. The van der Waals surface area contributed by atoms with E-state index in [0.29, 0.717) is 22.9 Å². The Morgan fingerprint density at radius 2 is 1.55 bits per heavy atom. The number of hydrogen-bond acceptors (Lipinski definition) is 7. The summed E-state index contributed by atoms with van der Waals surface area (Å²) in [6.07, 6.45) is 1.27. The van der Waals surface area contributed by atoms with Crippen molar-refractivity contribution in [2.45, 2.75) is 0 Å². The monoisotopic (exact) mass is 393 g/mol. The van der Waals surface area contributed by atoms with Crippen molar-refractivity contribution in [1.82, 2.24) is 4.98 Å². The normalized spacial score (nSPS) is 11.7. The van der Waals surface area contributed by atoms with Crippen molar-refractivity contribution in [3.8, 4) is 23.0 Å². The summed E-state index contributed by atoms with van der Waals surface area (Å²) in [5.74, 6) is -0.412. The molecule has 4 rings (SSSR count). The molecule has 1 aliphatic rings. The number of phenols is 2. The van der Waals surface area contributed by atoms with Crippen LogP contribution in [0.3, 0.4) is 0 Å². The van der Waals surface area contributed by atoms with Crippen LogP contribution < -0.4 is 20.1 Å². The van der Waals surface area contributed by atoms with Gasteiger partial charge in [-0.15, -0.1) is 0 Å². The first kappa shape index (κ1) is 18.1. The number of nitrogens with one attached hydrogen (secondary N) is 2. The van der Waals surface area contributed by atoms with Gasteiger partial charge >= 0.3 is 0 Å². The number of pyridine rings is 1. The van der Waals surface area contributed by atoms with E-state index in [0.717, 1.165) is 0 Å². The Morgan fingerprint density at radius 1 is 0.828 bits per heavy atom. The maximum Gasteiger partial charge on any atom is 0.274 e. The average molecular weight is 393 g/mol. The van der Waals surface area contributed by atoms with Gasteiger partial charge in [0.05, 0.1) is 5.56 Å². The van der Waals surface area contributed by atoms with Crippen molar-refractivity contribution in [2.24, 2.45) is 0 Å². The summed E-state index contributed by atoms with van der Waals surface area (Å²) >= 11 is 0. The predicted octanol–water partition coefficient (Wildman–Crippen LogP) is 2.73. The summed E-state index contributed by atoms with van der Waals surface area (Å²) in [6, 6.07) is 11.8. The van der Waals surface area contributed by atoms with Crippen LogP contribution in [0.5, 0.6) is 23.0 Å². The number of aromatic hydroxyl groups is 2. The van der Waals surface area contributed by atoms with E-state index in [2.05, 4.69) is 15.6 Å². The van der Waals surface area contributed by atoms with Crippen molar-refractivity contribution in [3.05, 3.63) is 66.0 Å². The molecule has 3 aromatic rings. The highest BCUT2D eigenvalue weighted by Gasteiger charge is 2.16. The zero-order valence-electron chi connectivity index (χ0n) is 14.9. The molecule has 0 bridgehead atoms. The minimum Gasteiger partial charge on any atom is -0.504 e. The van der Waals surface area contributed by atoms with Gasteiger partial charge in [-0.3, -0.25) is 14.6 Å². The van der Waals surface area contributed by atoms with Gasteiger partial charge in [0.1, 0.15) is 5.69 Å². The molecule has 0 saturated heterocycles. The molecular formula is C20H15N3O6. The molecule has 0 unspecified atom stereocenters. The third-order valence-corrected chi connectivity index (χ3v) is 4.12. The van der Waals surface area contributed by atoms with Gasteiger partial charge in [0.15, 0.2) is 23.0 Å². The summed E-state index contributed by atoms with van der Waals surface area (Å²) < 4.78 is 10.5. The second kappa shape index (κ2) is 7.39. The van der Waals surface area contributed by atoms with E-state index < -0.39 is 11.8 Å². The molecule has 0 fully saturated rings. The van der Waals surface area contributed by atoms with E-state index in [-0.39, 0.29) is 29.5 Å². The molecule has 9 nitrogen and oxygen atoms in total. The Labute approximate surface area is 164 Å². The molecule has 29 heavy (non-hydrogen) atoms. The third kappa shape index (κ3) is 3.88. The molecule has 146 valence electrons. The number of nitrogens with zero attached hydrogens (tertiary/aromatic N) is 1. The average Bonchev–Trinajstić information content (AvgIpc) is 3.18. The van der Waals surface area contributed by atoms with Crippen molar-refractivity contribution in [3.63, 3.8) is 0 Å². The van der Waals surface area contributed by atoms with Crippen molar-refractivity contribution in [2.75, 3.05) is 17.4 Å². The van der Waals surface area contributed by atoms with E-state index in [9.17, 15) is 19.8 Å². The van der Waals surface area contributed by atoms with Crippen LogP contribution in [0.2, 0.25) is 0 Å². The Bertz CT molecular complexity index is 1100. The van der Waals surface area contributed by atoms with E-state index in [4.69, 9.17) is 9.47 Å². The predicted molar refractivity (Wildman–Crippen MR) is 102 cm³/mol. The smallest absolute Gasteiger partial charge is 0.274 e. The van der Waals surface area contributed by atoms with Crippen molar-refractivity contribution < 1.29 is 29.3 Å². The van der Waals surface area contributed by atoms with E-state index in [1.54, 1.807) is 18.2 Å². The van der Waals surface area contributed by atoms with Crippen LogP contribution in [0.15, 0.2) is 54.7 Å². The maximum absolute atomic E-state index is 12.4. The van der Waals surface area contributed by atoms with Gasteiger partial charge in [0.2, 0.25) is 6.79 Å². The lowest BCUT2D eigenvalue weighted by atomic mass is 10.2. The van der Waals surface area contributed by atoms with Gasteiger partial charge in [0.25, 0.3) is 11.8 Å². The van der Waals surface area contributed by atoms with Gasteiger partial charge in [-0.2, -0.15) is 0 Å². The lowest BCUT2D eigenvalue weighted by Gasteiger charge is -2.08. The quantitative estimate of drug-likeness (QED) is 0.396. The fraction of sp³-hybridized carbons (Fsp3) is 0.0500. The van der Waals surface area contributed by atoms with Crippen LogP contribution in [0.4, 0.5) is 11.4 Å². The summed E-state index contributed by atoms with van der Waals surface area (Å²) in [7, 11) is 0. The maximum atomic E-state index is 12.4. The number of benzene rings is 2. The summed E-state index contributed by atoms with van der Waals surface area (Å²) in [5, 5.41) is 24.0. The number of amides is 2. The Kier molecular flexibility index (Phi) is 4.62. The zero-order valence-corrected chi connectivity index (χ0v) is 14.9. The molecule has 0 saturated carbocycles. The molecule has 4 N–H and O–H groups in total. The lowest BCUT2D eigenvalue weighted by Crippen LogP contribution is -2.16. The second-order valence-electron chi connectivity index (χ2n) is 6.11. The molecule has 0 spiro atoms. The number of carbonyl (C=O) groups excluding carboxylic acids is 2. The highest BCUT2D eigenvalue weighted by Crippen LogP contribution is 2.34. The van der Waals surface area contributed by atoms with Gasteiger partial charge in [-0.1, -0.05) is 0 Å². The Morgan fingerprint density at radius 3 is 2.31 bits per heavy atom. The zero-order chi connectivity index (χ0) is 20.4. The van der Waals surface area contributed by atoms with Crippen LogP contribution in [-0.2, 0) is 0 Å². The van der Waals surface area contributed by atoms with Crippen LogP contribution in [-0.4, -0.2) is 33.8 Å². The van der Waals surface area contributed by atoms with Crippen LogP contribution >= 0.6 is 0 Å². The van der Waals surface area contributed by atoms with Crippen LogP contribution in [0, 0.1) is 0 Å². The number of phenolic OH excluding ortho intramolecular Hbond substituents is 2. The highest BCUT2D eigenvalue weighted by molar-refractivity contribution is 6.06. The number of ether oxygens (including phenoxy) is 2. The summed E-state index contributed by atoms with van der Waals surface area (Å²) in [6.45, 7) is 0.140. The number of hydrogen-bond donors (Lipinski definition) is 4. The number of anilines is 2. The summed E-state index contributed by atoms with van der Waals surface area (Å²) in [4.78, 5) is 28.7. The Hall–Kier alpha value is -4.27. The van der Waals surface area contributed by atoms with Gasteiger partial charge in [-0.05, 0) is 36.4 Å². The molecule has 0 aliphatic carbocycles. The Balaban J connectivity index is 1.42. The second-order valence-corrected chi connectivity index (χ2v) is 6.11. The minimum absolute atomic E-state index is 0.126. The van der Waals surface area contributed by atoms with Gasteiger partial charge in [0, 0.05) is 29.7 Å². The first-order valence-electron chi connectivity index (χ1n) is 8.50. The minimum atomic E-state index is -0.481. The summed E-state index contributed by atoms with van der Waals surface area (Å²) in [5.41, 5.74) is 1.17. The molecule has 2 aromatic carbocycles. The standard InChI is InChI=1S/C20H15N3O6/c24-15-5-2-12(7-16(15)25)22-19(26)11-1-4-14(21-9-11)20(27)23-13-3-6-17-18(8-13)29-10-28-17/h1-9,24-25H,10H2,(H,22,26)(H,23,27). The largest absolute Gasteiger partial charge is 0.504 e. The molecule has 9 heteroatoms. The third-order valence-electron chi connectivity index (χ3n) is 4.12. The SMILES string of the molecule is O=C(Nc1ccc(O)c(O)c1)c1ccc(C(=O)Nc2ccc3c(c2)OCO3)nc1. The highest BCUT2D eigenvalue weighted by atomic mass is 16.7. The molecule has 1 aliphatic heterocycles. The fourth-order valence-corrected chi connectivity index (χ4v) is 2.64. The molecule has 1 aromatic heterocycles. The van der Waals surface area contributed by atoms with E-state index >= 15 is 0 Å². The number of rotatable bonds is 4. The molecule has 0 radical (unpaired) electrons. The van der Waals surface area contributed by atoms with Crippen LogP contribution in [0.1, 0.15) is 20.8 Å². The molecular weight excluding hydrogens is 378 g/mol. The molecule has 2 heterocycles. The first-order chi connectivity index (χ1) is 14.0. The molecule has 0 atom stereocenters. The van der Waals surface area contributed by atoms with Crippen LogP contribution in [0.25, 0.3) is 0 Å². The van der Waals surface area contributed by atoms with Crippen molar-refractivity contribution in [1.29, 1.82) is 0 Å². The van der Waals surface area contributed by atoms with Crippen molar-refractivity contribution >= 4 is 23.2 Å². The number of fused-ring (bicyclic) bond motifs is 1. The number of carbonyl (C=O) groups is 2. The number of aromatic nitrogens is 1. The topological polar surface area (TPSA) is 130 Å². The van der Waals surface area contributed by atoms with Gasteiger partial charge < -0.3 is 30.3 Å².